The third kappa shape index (κ3) is 6.11. The van der Waals surface area contributed by atoms with Crippen LogP contribution in [0.4, 0.5) is 26.3 Å². The van der Waals surface area contributed by atoms with Gasteiger partial charge >= 0.3 is 6.18 Å². The maximum Gasteiger partial charge on any atom is 0.434 e. The van der Waals surface area contributed by atoms with E-state index in [0.717, 1.165) is 30.3 Å². The summed E-state index contributed by atoms with van der Waals surface area (Å²) >= 11 is 5.86. The van der Waals surface area contributed by atoms with Gasteiger partial charge in [-0.25, -0.2) is 18.2 Å². The van der Waals surface area contributed by atoms with Gasteiger partial charge in [0.2, 0.25) is 0 Å². The lowest BCUT2D eigenvalue weighted by molar-refractivity contribution is -0.0586. The molecule has 1 aromatic heterocycles. The number of primary amides is 1. The summed E-state index contributed by atoms with van der Waals surface area (Å²) in [7, 11) is 0. The Morgan fingerprint density at radius 2 is 1.82 bits per heavy atom. The smallest absolute Gasteiger partial charge is 0.364 e. The Kier molecular flexibility index (Phi) is 8.20. The molecular formula is C27H21ClF6N4O2. The van der Waals surface area contributed by atoms with Crippen molar-refractivity contribution in [2.75, 3.05) is 6.54 Å². The molecule has 2 amide bonds. The number of pyridine rings is 1. The SMILES string of the molecule is CC1=C(NC(=O)c2cc(C(N)=O)nc3cc(F)c(Cl)cc23)C(C(F)(F)F)=NCCC1CCc1ccc(F)cc1F. The Hall–Kier alpha value is -3.93. The summed E-state index contributed by atoms with van der Waals surface area (Å²) in [4.78, 5) is 32.8. The first-order valence-corrected chi connectivity index (χ1v) is 12.3. The van der Waals surface area contributed by atoms with Gasteiger partial charge in [-0.05, 0) is 61.4 Å². The Balaban J connectivity index is 1.75. The summed E-state index contributed by atoms with van der Waals surface area (Å²) in [5.74, 6) is -5.12. The van der Waals surface area contributed by atoms with Crippen LogP contribution in [0.25, 0.3) is 10.9 Å². The van der Waals surface area contributed by atoms with Crippen LogP contribution in [-0.4, -0.2) is 35.2 Å². The van der Waals surface area contributed by atoms with Crippen molar-refractivity contribution in [3.63, 3.8) is 0 Å². The zero-order valence-electron chi connectivity index (χ0n) is 20.8. The van der Waals surface area contributed by atoms with Crippen molar-refractivity contribution >= 4 is 40.0 Å². The van der Waals surface area contributed by atoms with E-state index in [2.05, 4.69) is 15.3 Å². The van der Waals surface area contributed by atoms with Crippen molar-refractivity contribution in [2.45, 2.75) is 32.4 Å². The fourth-order valence-corrected chi connectivity index (χ4v) is 4.70. The van der Waals surface area contributed by atoms with E-state index >= 15 is 0 Å². The van der Waals surface area contributed by atoms with Crippen LogP contribution < -0.4 is 11.1 Å². The van der Waals surface area contributed by atoms with Crippen molar-refractivity contribution in [3.05, 3.63) is 87.0 Å². The number of benzene rings is 2. The summed E-state index contributed by atoms with van der Waals surface area (Å²) in [6.45, 7) is 1.18. The maximum absolute atomic E-state index is 14.2. The van der Waals surface area contributed by atoms with Crippen LogP contribution in [0.15, 0.2) is 52.7 Å². The first-order chi connectivity index (χ1) is 18.8. The van der Waals surface area contributed by atoms with Gasteiger partial charge in [-0.2, -0.15) is 13.2 Å². The molecule has 6 nitrogen and oxygen atoms in total. The van der Waals surface area contributed by atoms with E-state index in [1.165, 1.54) is 13.0 Å². The predicted octanol–water partition coefficient (Wildman–Crippen LogP) is 6.06. The van der Waals surface area contributed by atoms with E-state index in [-0.39, 0.29) is 58.4 Å². The van der Waals surface area contributed by atoms with Crippen LogP contribution in [0.5, 0.6) is 0 Å². The number of halogens is 7. The van der Waals surface area contributed by atoms with Crippen LogP contribution in [0.3, 0.4) is 0 Å². The summed E-state index contributed by atoms with van der Waals surface area (Å²) in [6.07, 6.45) is -4.48. The van der Waals surface area contributed by atoms with Gasteiger partial charge in [0.1, 0.15) is 23.1 Å². The van der Waals surface area contributed by atoms with Crippen LogP contribution in [-0.2, 0) is 6.42 Å². The average molecular weight is 583 g/mol. The lowest BCUT2D eigenvalue weighted by atomic mass is 9.88. The number of nitrogens with two attached hydrogens (primary N) is 1. The number of aromatic nitrogens is 1. The van der Waals surface area contributed by atoms with Crippen LogP contribution in [0.1, 0.15) is 46.2 Å². The molecule has 3 aromatic rings. The molecule has 0 spiro atoms. The second-order valence-electron chi connectivity index (χ2n) is 9.20. The normalized spacial score (nSPS) is 16.1. The quantitative estimate of drug-likeness (QED) is 0.346. The predicted molar refractivity (Wildman–Crippen MR) is 137 cm³/mol. The van der Waals surface area contributed by atoms with Gasteiger partial charge < -0.3 is 11.1 Å². The molecule has 2 aromatic carbocycles. The van der Waals surface area contributed by atoms with E-state index < -0.39 is 58.5 Å². The molecule has 0 bridgehead atoms. The number of aliphatic imine (C=N–C) groups is 1. The Morgan fingerprint density at radius 1 is 1.10 bits per heavy atom. The van der Waals surface area contributed by atoms with Gasteiger partial charge in [0.05, 0.1) is 21.8 Å². The van der Waals surface area contributed by atoms with Gasteiger partial charge in [-0.15, -0.1) is 0 Å². The molecule has 2 heterocycles. The van der Waals surface area contributed by atoms with E-state index in [4.69, 9.17) is 17.3 Å². The van der Waals surface area contributed by atoms with E-state index in [1.807, 2.05) is 0 Å². The van der Waals surface area contributed by atoms with Crippen molar-refractivity contribution in [1.82, 2.24) is 10.3 Å². The number of fused-ring (bicyclic) bond motifs is 1. The number of rotatable bonds is 6. The molecule has 1 atom stereocenters. The van der Waals surface area contributed by atoms with Crippen molar-refractivity contribution in [2.24, 2.45) is 16.6 Å². The first-order valence-electron chi connectivity index (χ1n) is 11.9. The monoisotopic (exact) mass is 582 g/mol. The van der Waals surface area contributed by atoms with Crippen LogP contribution >= 0.6 is 11.6 Å². The van der Waals surface area contributed by atoms with E-state index in [0.29, 0.717) is 0 Å². The molecule has 0 aliphatic carbocycles. The standard InChI is InChI=1S/C27H21ClF6N4O2/c1-12-13(2-3-14-4-5-15(29)8-19(14)30)6-7-36-24(27(32,33)34)23(12)38-26(40)17-10-22(25(35)39)37-21-11-20(31)18(28)9-16(17)21/h4-5,8-11,13H,2-3,6-7H2,1H3,(H2,35,39)(H,38,40). The molecule has 1 aliphatic heterocycles. The fraction of sp³-hybridized carbons (Fsp3) is 0.259. The third-order valence-electron chi connectivity index (χ3n) is 6.62. The number of alkyl halides is 3. The van der Waals surface area contributed by atoms with Crippen molar-refractivity contribution in [3.8, 4) is 0 Å². The zero-order valence-corrected chi connectivity index (χ0v) is 21.6. The second kappa shape index (κ2) is 11.3. The number of nitrogens with zero attached hydrogens (tertiary/aromatic N) is 2. The topological polar surface area (TPSA) is 97.4 Å². The largest absolute Gasteiger partial charge is 0.434 e. The molecule has 40 heavy (non-hydrogen) atoms. The first kappa shape index (κ1) is 29.1. The summed E-state index contributed by atoms with van der Waals surface area (Å²) in [6, 6.07) is 5.97. The molecule has 4 rings (SSSR count). The number of allylic oxidation sites excluding steroid dienone is 2. The number of carbonyl (C=O) groups is 2. The number of aryl methyl sites for hydroxylation is 1. The number of carbonyl (C=O) groups excluding carboxylic acids is 2. The molecule has 3 N–H and O–H groups in total. The molecule has 1 aliphatic rings. The Labute approximate surface area is 228 Å². The van der Waals surface area contributed by atoms with Gasteiger partial charge in [0, 0.05) is 24.1 Å². The molecule has 1 unspecified atom stereocenters. The highest BCUT2D eigenvalue weighted by Crippen LogP contribution is 2.33. The summed E-state index contributed by atoms with van der Waals surface area (Å²) in [5.41, 5.74) is 2.79. The van der Waals surface area contributed by atoms with E-state index in [9.17, 15) is 35.9 Å². The lowest BCUT2D eigenvalue weighted by Gasteiger charge is -2.21. The highest BCUT2D eigenvalue weighted by molar-refractivity contribution is 6.31. The van der Waals surface area contributed by atoms with Gasteiger partial charge in [0.15, 0.2) is 5.71 Å². The zero-order chi connectivity index (χ0) is 29.4. The van der Waals surface area contributed by atoms with E-state index in [1.54, 1.807) is 0 Å². The summed E-state index contributed by atoms with van der Waals surface area (Å²) in [5, 5.41) is 1.85. The van der Waals surface area contributed by atoms with Gasteiger partial charge in [-0.1, -0.05) is 17.7 Å². The third-order valence-corrected chi connectivity index (χ3v) is 6.91. The number of nitrogens with one attached hydrogen (secondary N) is 1. The Bertz CT molecular complexity index is 1590. The minimum Gasteiger partial charge on any atom is -0.364 e. The Morgan fingerprint density at radius 3 is 2.48 bits per heavy atom. The molecular weight excluding hydrogens is 562 g/mol. The maximum atomic E-state index is 14.2. The fourth-order valence-electron chi connectivity index (χ4n) is 4.54. The number of hydrogen-bond donors (Lipinski definition) is 2. The van der Waals surface area contributed by atoms with Crippen LogP contribution in [0.2, 0.25) is 5.02 Å². The molecule has 0 fully saturated rings. The minimum atomic E-state index is -4.94. The second-order valence-corrected chi connectivity index (χ2v) is 9.61. The van der Waals surface area contributed by atoms with Crippen molar-refractivity contribution < 1.29 is 35.9 Å². The number of amides is 2. The van der Waals surface area contributed by atoms with Crippen LogP contribution in [0, 0.1) is 23.4 Å². The summed E-state index contributed by atoms with van der Waals surface area (Å²) < 4.78 is 83.7. The molecule has 0 saturated carbocycles. The highest BCUT2D eigenvalue weighted by Gasteiger charge is 2.41. The molecule has 0 radical (unpaired) electrons. The minimum absolute atomic E-state index is 0.0328. The van der Waals surface area contributed by atoms with Crippen molar-refractivity contribution in [1.29, 1.82) is 0 Å². The lowest BCUT2D eigenvalue weighted by Crippen LogP contribution is -2.36. The molecule has 210 valence electrons. The highest BCUT2D eigenvalue weighted by atomic mass is 35.5. The molecule has 13 heteroatoms. The average Bonchev–Trinajstić information content (AvgIpc) is 3.02. The number of hydrogen-bond acceptors (Lipinski definition) is 4. The van der Waals surface area contributed by atoms with Gasteiger partial charge in [-0.3, -0.25) is 14.6 Å². The molecule has 0 saturated heterocycles. The van der Waals surface area contributed by atoms with Gasteiger partial charge in [0.25, 0.3) is 11.8 Å².